The van der Waals surface area contributed by atoms with Crippen LogP contribution in [0.25, 0.3) is 10.9 Å². The Kier molecular flexibility index (Phi) is 6.82. The van der Waals surface area contributed by atoms with Gasteiger partial charge < -0.3 is 25.3 Å². The van der Waals surface area contributed by atoms with E-state index in [1.165, 1.54) is 12.1 Å². The smallest absolute Gasteiger partial charge is 0.407 e. The third-order valence-corrected chi connectivity index (χ3v) is 4.99. The number of amides is 3. The fraction of sp³-hybridized carbons (Fsp3) is 0.500. The Morgan fingerprint density at radius 2 is 1.94 bits per heavy atom. The van der Waals surface area contributed by atoms with Gasteiger partial charge in [-0.15, -0.1) is 0 Å². The van der Waals surface area contributed by atoms with Crippen LogP contribution in [0.15, 0.2) is 24.3 Å². The summed E-state index contributed by atoms with van der Waals surface area (Å²) in [5, 5.41) is 6.02. The lowest BCUT2D eigenvalue weighted by atomic mass is 9.97. The molecule has 2 heterocycles. The Balaban J connectivity index is 1.49. The number of hydrogen-bond donors (Lipinski definition) is 3. The topological polar surface area (TPSA) is 104 Å². The fourth-order valence-electron chi connectivity index (χ4n) is 3.57. The van der Waals surface area contributed by atoms with Crippen molar-refractivity contribution in [3.8, 4) is 0 Å². The minimum atomic E-state index is -0.579. The number of fused-ring (bicyclic) bond motifs is 1. The normalized spacial score (nSPS) is 16.8. The number of piperidine rings is 1. The standard InChI is InChI=1S/C22H29FN4O4/c1-22(2,3)31-21(30)25-9-8-24-19(28)14-5-4-10-27(13-14)20(29)18-12-15-11-16(23)6-7-17(15)26-18/h6-7,11-12,14,26H,4-5,8-10,13H2,1-3H3,(H,24,28)(H,25,30). The number of alkyl carbamates (subject to hydrolysis) is 1. The molecule has 0 bridgehead atoms. The minimum absolute atomic E-state index is 0.151. The van der Waals surface area contributed by atoms with Crippen molar-refractivity contribution < 1.29 is 23.5 Å². The van der Waals surface area contributed by atoms with Crippen molar-refractivity contribution in [2.45, 2.75) is 39.2 Å². The number of halogens is 1. The summed E-state index contributed by atoms with van der Waals surface area (Å²) < 4.78 is 18.5. The largest absolute Gasteiger partial charge is 0.444 e. The molecule has 1 saturated heterocycles. The Morgan fingerprint density at radius 3 is 2.68 bits per heavy atom. The predicted molar refractivity (Wildman–Crippen MR) is 114 cm³/mol. The van der Waals surface area contributed by atoms with E-state index in [0.717, 1.165) is 6.42 Å². The van der Waals surface area contributed by atoms with Crippen LogP contribution in [-0.4, -0.2) is 59.6 Å². The number of nitrogens with one attached hydrogen (secondary N) is 3. The van der Waals surface area contributed by atoms with Gasteiger partial charge >= 0.3 is 6.09 Å². The number of carbonyl (C=O) groups excluding carboxylic acids is 3. The number of likely N-dealkylation sites (tertiary alicyclic amines) is 1. The van der Waals surface area contributed by atoms with Gasteiger partial charge in [0.1, 0.15) is 17.1 Å². The number of ether oxygens (including phenoxy) is 1. The molecule has 1 fully saturated rings. The van der Waals surface area contributed by atoms with E-state index in [-0.39, 0.29) is 36.6 Å². The zero-order valence-corrected chi connectivity index (χ0v) is 18.1. The van der Waals surface area contributed by atoms with E-state index in [9.17, 15) is 18.8 Å². The van der Waals surface area contributed by atoms with Crippen molar-refractivity contribution in [1.29, 1.82) is 0 Å². The average Bonchev–Trinajstić information content (AvgIpc) is 3.12. The lowest BCUT2D eigenvalue weighted by molar-refractivity contribution is -0.126. The van der Waals surface area contributed by atoms with Gasteiger partial charge in [0.15, 0.2) is 0 Å². The molecule has 0 saturated carbocycles. The minimum Gasteiger partial charge on any atom is -0.444 e. The molecule has 3 rings (SSSR count). The summed E-state index contributed by atoms with van der Waals surface area (Å²) in [7, 11) is 0. The number of nitrogens with zero attached hydrogens (tertiary/aromatic N) is 1. The van der Waals surface area contributed by atoms with Crippen LogP contribution in [0.5, 0.6) is 0 Å². The molecule has 3 N–H and O–H groups in total. The van der Waals surface area contributed by atoms with Gasteiger partial charge in [-0.2, -0.15) is 0 Å². The first-order valence-corrected chi connectivity index (χ1v) is 10.4. The van der Waals surface area contributed by atoms with E-state index in [4.69, 9.17) is 4.74 Å². The van der Waals surface area contributed by atoms with Crippen LogP contribution in [0.1, 0.15) is 44.1 Å². The lowest BCUT2D eigenvalue weighted by Crippen LogP contribution is -2.46. The fourth-order valence-corrected chi connectivity index (χ4v) is 3.57. The Morgan fingerprint density at radius 1 is 1.19 bits per heavy atom. The first-order chi connectivity index (χ1) is 14.6. The molecule has 0 aliphatic carbocycles. The molecule has 168 valence electrons. The summed E-state index contributed by atoms with van der Waals surface area (Å²) in [5.41, 5.74) is 0.488. The molecule has 0 radical (unpaired) electrons. The number of aromatic nitrogens is 1. The van der Waals surface area contributed by atoms with Crippen molar-refractivity contribution in [3.05, 3.63) is 35.8 Å². The molecule has 3 amide bonds. The molecule has 9 heteroatoms. The molecule has 1 aromatic heterocycles. The second-order valence-corrected chi connectivity index (χ2v) is 8.72. The van der Waals surface area contributed by atoms with Crippen LogP contribution in [-0.2, 0) is 9.53 Å². The molecule has 1 aliphatic heterocycles. The van der Waals surface area contributed by atoms with Crippen molar-refractivity contribution in [2.75, 3.05) is 26.2 Å². The van der Waals surface area contributed by atoms with Crippen molar-refractivity contribution in [3.63, 3.8) is 0 Å². The molecule has 8 nitrogen and oxygen atoms in total. The SMILES string of the molecule is CC(C)(C)OC(=O)NCCNC(=O)C1CCCN(C(=O)c2cc3cc(F)ccc3[nH]2)C1. The van der Waals surface area contributed by atoms with Crippen LogP contribution in [0.3, 0.4) is 0 Å². The Bertz CT molecular complexity index is 966. The number of aromatic amines is 1. The summed E-state index contributed by atoms with van der Waals surface area (Å²) in [6.45, 7) is 6.73. The molecular weight excluding hydrogens is 403 g/mol. The highest BCUT2D eigenvalue weighted by atomic mass is 19.1. The summed E-state index contributed by atoms with van der Waals surface area (Å²) in [6.07, 6.45) is 0.872. The third kappa shape index (κ3) is 6.19. The first-order valence-electron chi connectivity index (χ1n) is 10.4. The maximum Gasteiger partial charge on any atom is 0.407 e. The highest BCUT2D eigenvalue weighted by Gasteiger charge is 2.29. The molecule has 1 unspecified atom stereocenters. The number of hydrogen-bond acceptors (Lipinski definition) is 4. The Labute approximate surface area is 180 Å². The monoisotopic (exact) mass is 432 g/mol. The molecule has 1 aromatic carbocycles. The van der Waals surface area contributed by atoms with Crippen LogP contribution in [0.4, 0.5) is 9.18 Å². The van der Waals surface area contributed by atoms with Gasteiger partial charge in [0.25, 0.3) is 5.91 Å². The maximum absolute atomic E-state index is 13.4. The maximum atomic E-state index is 13.4. The van der Waals surface area contributed by atoms with Gasteiger partial charge in [0.2, 0.25) is 5.91 Å². The highest BCUT2D eigenvalue weighted by molar-refractivity contribution is 5.98. The van der Waals surface area contributed by atoms with E-state index in [1.54, 1.807) is 37.8 Å². The number of carbonyl (C=O) groups is 3. The zero-order chi connectivity index (χ0) is 22.6. The van der Waals surface area contributed by atoms with E-state index >= 15 is 0 Å². The summed E-state index contributed by atoms with van der Waals surface area (Å²) in [5.74, 6) is -1.04. The zero-order valence-electron chi connectivity index (χ0n) is 18.1. The predicted octanol–water partition coefficient (Wildman–Crippen LogP) is 2.80. The van der Waals surface area contributed by atoms with Crippen LogP contribution >= 0.6 is 0 Å². The van der Waals surface area contributed by atoms with Gasteiger partial charge in [-0.1, -0.05) is 0 Å². The van der Waals surface area contributed by atoms with Gasteiger partial charge in [0, 0.05) is 37.1 Å². The molecule has 31 heavy (non-hydrogen) atoms. The third-order valence-electron chi connectivity index (χ3n) is 4.99. The lowest BCUT2D eigenvalue weighted by Gasteiger charge is -2.31. The van der Waals surface area contributed by atoms with E-state index in [1.807, 2.05) is 0 Å². The molecule has 0 spiro atoms. The van der Waals surface area contributed by atoms with E-state index < -0.39 is 11.7 Å². The Hall–Kier alpha value is -3.10. The van der Waals surface area contributed by atoms with E-state index in [2.05, 4.69) is 15.6 Å². The second kappa shape index (κ2) is 9.36. The van der Waals surface area contributed by atoms with Crippen LogP contribution < -0.4 is 10.6 Å². The molecule has 2 aromatic rings. The van der Waals surface area contributed by atoms with Crippen molar-refractivity contribution in [1.82, 2.24) is 20.5 Å². The molecular formula is C22H29FN4O4. The summed E-state index contributed by atoms with van der Waals surface area (Å²) in [6, 6.07) is 5.94. The van der Waals surface area contributed by atoms with Crippen LogP contribution in [0, 0.1) is 11.7 Å². The summed E-state index contributed by atoms with van der Waals surface area (Å²) in [4.78, 5) is 41.7. The quantitative estimate of drug-likeness (QED) is 0.632. The van der Waals surface area contributed by atoms with Gasteiger partial charge in [-0.3, -0.25) is 9.59 Å². The summed E-state index contributed by atoms with van der Waals surface area (Å²) >= 11 is 0. The molecule has 1 atom stereocenters. The number of benzene rings is 1. The van der Waals surface area contributed by atoms with Crippen LogP contribution in [0.2, 0.25) is 0 Å². The van der Waals surface area contributed by atoms with Crippen molar-refractivity contribution >= 4 is 28.8 Å². The number of rotatable bonds is 5. The first kappa shape index (κ1) is 22.6. The highest BCUT2D eigenvalue weighted by Crippen LogP contribution is 2.21. The van der Waals surface area contributed by atoms with Gasteiger partial charge in [-0.25, -0.2) is 9.18 Å². The second-order valence-electron chi connectivity index (χ2n) is 8.72. The van der Waals surface area contributed by atoms with Gasteiger partial charge in [-0.05, 0) is 57.9 Å². The van der Waals surface area contributed by atoms with E-state index in [0.29, 0.717) is 36.1 Å². The van der Waals surface area contributed by atoms with Crippen molar-refractivity contribution in [2.24, 2.45) is 5.92 Å². The number of H-pyrrole nitrogens is 1. The van der Waals surface area contributed by atoms with Gasteiger partial charge in [0.05, 0.1) is 5.92 Å². The average molecular weight is 432 g/mol. The molecule has 1 aliphatic rings.